The van der Waals surface area contributed by atoms with E-state index in [-0.39, 0.29) is 11.9 Å². The molecule has 0 aromatic heterocycles. The van der Waals surface area contributed by atoms with Crippen molar-refractivity contribution in [1.29, 1.82) is 0 Å². The molecular formula is C18H25NO4. The van der Waals surface area contributed by atoms with Crippen LogP contribution in [0.15, 0.2) is 18.2 Å². The van der Waals surface area contributed by atoms with Gasteiger partial charge in [0.25, 0.3) is 5.91 Å². The molecule has 1 aromatic rings. The number of rotatable bonds is 4. The average molecular weight is 319 g/mol. The fraction of sp³-hybridized carbons (Fsp3) is 0.556. The number of hydrogen-bond acceptors (Lipinski definition) is 3. The number of carboxylic acid groups (broad SMARTS) is 1. The van der Waals surface area contributed by atoms with Crippen molar-refractivity contribution in [3.8, 4) is 5.75 Å². The number of benzene rings is 1. The van der Waals surface area contributed by atoms with Crippen molar-refractivity contribution in [1.82, 2.24) is 5.32 Å². The van der Waals surface area contributed by atoms with E-state index in [1.165, 1.54) is 0 Å². The summed E-state index contributed by atoms with van der Waals surface area (Å²) in [4.78, 5) is 24.1. The van der Waals surface area contributed by atoms with Crippen molar-refractivity contribution in [2.45, 2.75) is 51.5 Å². The van der Waals surface area contributed by atoms with Crippen LogP contribution < -0.4 is 10.1 Å². The van der Waals surface area contributed by atoms with Crippen molar-refractivity contribution < 1.29 is 19.4 Å². The Bertz CT molecular complexity index is 570. The van der Waals surface area contributed by atoms with E-state index in [1.54, 1.807) is 19.2 Å². The quantitative estimate of drug-likeness (QED) is 0.894. The zero-order valence-electron chi connectivity index (χ0n) is 13.8. The third-order valence-electron chi connectivity index (χ3n) is 4.58. The highest BCUT2D eigenvalue weighted by molar-refractivity contribution is 5.96. The van der Waals surface area contributed by atoms with Gasteiger partial charge in [-0.2, -0.15) is 0 Å². The molecule has 0 heterocycles. The van der Waals surface area contributed by atoms with E-state index in [0.29, 0.717) is 17.7 Å². The summed E-state index contributed by atoms with van der Waals surface area (Å²) in [5, 5.41) is 12.4. The van der Waals surface area contributed by atoms with Gasteiger partial charge in [-0.25, -0.2) is 0 Å². The van der Waals surface area contributed by atoms with Gasteiger partial charge >= 0.3 is 5.97 Å². The highest BCUT2D eigenvalue weighted by Crippen LogP contribution is 2.24. The number of nitrogens with one attached hydrogen (secondary N) is 1. The molecule has 2 atom stereocenters. The number of hydrogen-bond donors (Lipinski definition) is 2. The van der Waals surface area contributed by atoms with E-state index in [4.69, 9.17) is 4.74 Å². The van der Waals surface area contributed by atoms with Crippen LogP contribution in [-0.2, 0) is 4.79 Å². The molecule has 0 saturated heterocycles. The molecule has 1 fully saturated rings. The van der Waals surface area contributed by atoms with E-state index in [2.05, 4.69) is 5.32 Å². The zero-order valence-corrected chi connectivity index (χ0v) is 13.8. The lowest BCUT2D eigenvalue weighted by molar-refractivity contribution is -0.143. The van der Waals surface area contributed by atoms with Crippen LogP contribution in [0.2, 0.25) is 0 Å². The van der Waals surface area contributed by atoms with Crippen LogP contribution >= 0.6 is 0 Å². The van der Waals surface area contributed by atoms with Crippen LogP contribution in [0, 0.1) is 12.8 Å². The Morgan fingerprint density at radius 2 is 1.87 bits per heavy atom. The smallest absolute Gasteiger partial charge is 0.308 e. The van der Waals surface area contributed by atoms with Crippen LogP contribution in [0.5, 0.6) is 5.75 Å². The van der Waals surface area contributed by atoms with Crippen LogP contribution in [0.4, 0.5) is 0 Å². The summed E-state index contributed by atoms with van der Waals surface area (Å²) in [5.41, 5.74) is 1.39. The van der Waals surface area contributed by atoms with Crippen molar-refractivity contribution in [2.24, 2.45) is 5.92 Å². The minimum Gasteiger partial charge on any atom is -0.497 e. The lowest BCUT2D eigenvalue weighted by atomic mass is 9.86. The molecule has 5 nitrogen and oxygen atoms in total. The molecule has 0 radical (unpaired) electrons. The molecule has 1 aromatic carbocycles. The lowest BCUT2D eigenvalue weighted by Gasteiger charge is -2.27. The van der Waals surface area contributed by atoms with Gasteiger partial charge in [0.15, 0.2) is 0 Å². The second-order valence-electron chi connectivity index (χ2n) is 6.20. The molecule has 2 N–H and O–H groups in total. The highest BCUT2D eigenvalue weighted by Gasteiger charge is 2.30. The summed E-state index contributed by atoms with van der Waals surface area (Å²) in [5.74, 6) is -0.822. The van der Waals surface area contributed by atoms with Gasteiger partial charge in [0.2, 0.25) is 0 Å². The zero-order chi connectivity index (χ0) is 16.8. The minimum absolute atomic E-state index is 0.207. The van der Waals surface area contributed by atoms with Gasteiger partial charge in [0.1, 0.15) is 5.75 Å². The van der Waals surface area contributed by atoms with E-state index < -0.39 is 11.9 Å². The number of carboxylic acids is 1. The van der Waals surface area contributed by atoms with Gasteiger partial charge in [-0.15, -0.1) is 0 Å². The van der Waals surface area contributed by atoms with E-state index in [9.17, 15) is 14.7 Å². The summed E-state index contributed by atoms with van der Waals surface area (Å²) < 4.78 is 5.15. The monoisotopic (exact) mass is 319 g/mol. The first-order valence-corrected chi connectivity index (χ1v) is 8.21. The second-order valence-corrected chi connectivity index (χ2v) is 6.20. The Morgan fingerprint density at radius 3 is 2.48 bits per heavy atom. The molecule has 0 bridgehead atoms. The third-order valence-corrected chi connectivity index (χ3v) is 4.58. The predicted octanol–water partition coefficient (Wildman–Crippen LogP) is 3.16. The molecule has 1 aliphatic carbocycles. The van der Waals surface area contributed by atoms with Crippen molar-refractivity contribution in [3.05, 3.63) is 29.3 Å². The van der Waals surface area contributed by atoms with Crippen molar-refractivity contribution in [3.63, 3.8) is 0 Å². The van der Waals surface area contributed by atoms with E-state index in [0.717, 1.165) is 37.7 Å². The SMILES string of the molecule is COc1ccc(C(=O)NC2CCCCCCC2C(=O)O)c(C)c1. The van der Waals surface area contributed by atoms with Crippen LogP contribution in [0.1, 0.15) is 54.4 Å². The Labute approximate surface area is 137 Å². The Balaban J connectivity index is 2.13. The van der Waals surface area contributed by atoms with Gasteiger partial charge in [0.05, 0.1) is 13.0 Å². The molecular weight excluding hydrogens is 294 g/mol. The molecule has 5 heteroatoms. The van der Waals surface area contributed by atoms with Crippen LogP contribution in [0.3, 0.4) is 0 Å². The summed E-state index contributed by atoms with van der Waals surface area (Å²) in [7, 11) is 1.58. The van der Waals surface area contributed by atoms with Gasteiger partial charge < -0.3 is 15.2 Å². The molecule has 0 aliphatic heterocycles. The second kappa shape index (κ2) is 7.99. The average Bonchev–Trinajstić information content (AvgIpc) is 2.49. The summed E-state index contributed by atoms with van der Waals surface area (Å²) in [6.45, 7) is 1.85. The van der Waals surface area contributed by atoms with Gasteiger partial charge in [-0.3, -0.25) is 9.59 Å². The molecule has 0 spiro atoms. The maximum absolute atomic E-state index is 12.6. The molecule has 1 saturated carbocycles. The Kier molecular flexibility index (Phi) is 6.02. The number of methoxy groups -OCH3 is 1. The molecule has 126 valence electrons. The molecule has 1 amide bonds. The number of carbonyl (C=O) groups excluding carboxylic acids is 1. The number of amides is 1. The van der Waals surface area contributed by atoms with Crippen LogP contribution in [0.25, 0.3) is 0 Å². The third kappa shape index (κ3) is 4.47. The summed E-state index contributed by atoms with van der Waals surface area (Å²) in [6.07, 6.45) is 5.38. The van der Waals surface area contributed by atoms with E-state index in [1.807, 2.05) is 13.0 Å². The molecule has 2 unspecified atom stereocenters. The molecule has 2 rings (SSSR count). The van der Waals surface area contributed by atoms with Gasteiger partial charge in [-0.1, -0.05) is 25.7 Å². The Morgan fingerprint density at radius 1 is 1.17 bits per heavy atom. The normalized spacial score (nSPS) is 21.8. The molecule has 23 heavy (non-hydrogen) atoms. The first-order valence-electron chi connectivity index (χ1n) is 8.21. The standard InChI is InChI=1S/C18H25NO4/c1-12-11-13(23-2)9-10-14(12)17(20)19-16-8-6-4-3-5-7-15(16)18(21)22/h9-11,15-16H,3-8H2,1-2H3,(H,19,20)(H,21,22). The lowest BCUT2D eigenvalue weighted by Crippen LogP contribution is -2.44. The topological polar surface area (TPSA) is 75.6 Å². The van der Waals surface area contributed by atoms with Gasteiger partial charge in [0, 0.05) is 11.6 Å². The van der Waals surface area contributed by atoms with E-state index >= 15 is 0 Å². The Hall–Kier alpha value is -2.04. The first-order chi connectivity index (χ1) is 11.0. The number of aryl methyl sites for hydroxylation is 1. The fourth-order valence-electron chi connectivity index (χ4n) is 3.22. The van der Waals surface area contributed by atoms with Crippen molar-refractivity contribution >= 4 is 11.9 Å². The summed E-state index contributed by atoms with van der Waals surface area (Å²) >= 11 is 0. The number of ether oxygens (including phenoxy) is 1. The largest absolute Gasteiger partial charge is 0.497 e. The highest BCUT2D eigenvalue weighted by atomic mass is 16.5. The number of aliphatic carboxylic acids is 1. The first kappa shape index (κ1) is 17.3. The van der Waals surface area contributed by atoms with Crippen LogP contribution in [-0.4, -0.2) is 30.1 Å². The molecule has 1 aliphatic rings. The minimum atomic E-state index is -0.816. The fourth-order valence-corrected chi connectivity index (χ4v) is 3.22. The predicted molar refractivity (Wildman–Crippen MR) is 87.8 cm³/mol. The number of carbonyl (C=O) groups is 2. The van der Waals surface area contributed by atoms with Gasteiger partial charge in [-0.05, 0) is 43.5 Å². The van der Waals surface area contributed by atoms with Crippen molar-refractivity contribution in [2.75, 3.05) is 7.11 Å². The summed E-state index contributed by atoms with van der Waals surface area (Å²) in [6, 6.07) is 4.97. The maximum Gasteiger partial charge on any atom is 0.308 e. The maximum atomic E-state index is 12.6.